The van der Waals surface area contributed by atoms with Crippen LogP contribution in [-0.4, -0.2) is 24.1 Å². The maximum Gasteiger partial charge on any atom is 0.235 e. The zero-order valence-electron chi connectivity index (χ0n) is 26.8. The summed E-state index contributed by atoms with van der Waals surface area (Å²) in [5.74, 6) is 0.644. The molecule has 0 amide bonds. The summed E-state index contributed by atoms with van der Waals surface area (Å²) < 4.78 is 4.70. The summed E-state index contributed by atoms with van der Waals surface area (Å²) in [6.07, 6.45) is 3.93. The third-order valence-electron chi connectivity index (χ3n) is 10.2. The molecule has 232 valence electrons. The van der Waals surface area contributed by atoms with E-state index >= 15 is 0 Å². The van der Waals surface area contributed by atoms with Gasteiger partial charge in [0.05, 0.1) is 33.3 Å². The lowest BCUT2D eigenvalue weighted by molar-refractivity contribution is 1.02. The van der Waals surface area contributed by atoms with E-state index in [-0.39, 0.29) is 0 Å². The van der Waals surface area contributed by atoms with Crippen LogP contribution in [0.25, 0.3) is 99.0 Å². The highest BCUT2D eigenvalue weighted by Crippen LogP contribution is 2.46. The summed E-state index contributed by atoms with van der Waals surface area (Å²) in [5, 5.41) is 10.2. The second-order valence-corrected chi connectivity index (χ2v) is 12.8. The van der Waals surface area contributed by atoms with Crippen molar-refractivity contribution in [2.45, 2.75) is 0 Å². The van der Waals surface area contributed by atoms with Gasteiger partial charge in [0.25, 0.3) is 0 Å². The second-order valence-electron chi connectivity index (χ2n) is 12.8. The van der Waals surface area contributed by atoms with Crippen LogP contribution < -0.4 is 0 Å². The fourth-order valence-corrected chi connectivity index (χ4v) is 8.11. The second kappa shape index (κ2) is 10.3. The Hall–Kier alpha value is -6.85. The first kappa shape index (κ1) is 27.1. The van der Waals surface area contributed by atoms with Gasteiger partial charge in [-0.3, -0.25) is 9.55 Å². The molecule has 0 aliphatic heterocycles. The van der Waals surface area contributed by atoms with E-state index in [1.807, 2.05) is 12.4 Å². The molecule has 5 heteroatoms. The highest BCUT2D eigenvalue weighted by molar-refractivity contribution is 6.36. The summed E-state index contributed by atoms with van der Waals surface area (Å²) in [6.45, 7) is 0. The molecule has 0 unspecified atom stereocenters. The lowest BCUT2D eigenvalue weighted by atomic mass is 10.0. The zero-order valence-corrected chi connectivity index (χ0v) is 26.8. The van der Waals surface area contributed by atoms with Gasteiger partial charge in [0.2, 0.25) is 5.95 Å². The van der Waals surface area contributed by atoms with Crippen LogP contribution in [-0.2, 0) is 0 Å². The van der Waals surface area contributed by atoms with E-state index < -0.39 is 0 Å². The van der Waals surface area contributed by atoms with E-state index in [4.69, 9.17) is 9.97 Å². The average Bonchev–Trinajstić information content (AvgIpc) is 3.72. The first-order valence-corrected chi connectivity index (χ1v) is 16.9. The van der Waals surface area contributed by atoms with E-state index in [2.05, 4.69) is 166 Å². The Bertz CT molecular complexity index is 3140. The highest BCUT2D eigenvalue weighted by Gasteiger charge is 2.26. The Morgan fingerprint density at radius 1 is 0.420 bits per heavy atom. The minimum absolute atomic E-state index is 0.644. The Labute approximate surface area is 286 Å². The van der Waals surface area contributed by atoms with Crippen LogP contribution in [0.1, 0.15) is 0 Å². The van der Waals surface area contributed by atoms with Gasteiger partial charge in [-0.05, 0) is 47.2 Å². The van der Waals surface area contributed by atoms with Gasteiger partial charge in [0, 0.05) is 61.3 Å². The summed E-state index contributed by atoms with van der Waals surface area (Å²) in [4.78, 5) is 15.7. The molecule has 50 heavy (non-hydrogen) atoms. The van der Waals surface area contributed by atoms with Crippen molar-refractivity contribution >= 4 is 76.1 Å². The highest BCUT2D eigenvalue weighted by atomic mass is 15.2. The molecule has 0 aliphatic carbocycles. The maximum atomic E-state index is 5.50. The van der Waals surface area contributed by atoms with Crippen LogP contribution in [0.5, 0.6) is 0 Å². The Balaban J connectivity index is 1.41. The smallest absolute Gasteiger partial charge is 0.235 e. The van der Waals surface area contributed by atoms with Crippen molar-refractivity contribution < 1.29 is 0 Å². The van der Waals surface area contributed by atoms with E-state index in [0.717, 1.165) is 82.2 Å². The molecule has 5 nitrogen and oxygen atoms in total. The number of rotatable bonds is 3. The number of nitrogens with zero attached hydrogens (tertiary/aromatic N) is 5. The normalized spacial score (nSPS) is 12.0. The Morgan fingerprint density at radius 3 is 1.88 bits per heavy atom. The largest absolute Gasteiger partial charge is 0.308 e. The number of fused-ring (bicyclic) bond motifs is 13. The van der Waals surface area contributed by atoms with Crippen molar-refractivity contribution in [3.05, 3.63) is 164 Å². The summed E-state index contributed by atoms with van der Waals surface area (Å²) in [7, 11) is 0. The van der Waals surface area contributed by atoms with Gasteiger partial charge in [-0.25, -0.2) is 9.97 Å². The third-order valence-corrected chi connectivity index (χ3v) is 10.2. The molecular weight excluding hydrogens is 611 g/mol. The zero-order chi connectivity index (χ0) is 32.8. The summed E-state index contributed by atoms with van der Waals surface area (Å²) >= 11 is 0. The standard InChI is InChI=1S/C45H27N5/c1-3-14-29(15-4-1)41-35-24-23-28-13-7-8-18-31(28)42(35)48-45(47-41)50-38-22-12-9-19-33(38)39-32-25-26-46-27-36(32)43-40(44(39)50)34-20-10-11-21-37(34)49(43)30-16-5-2-6-17-30/h1-27H. The summed E-state index contributed by atoms with van der Waals surface area (Å²) in [6, 6.07) is 53.5. The van der Waals surface area contributed by atoms with Gasteiger partial charge in [0.15, 0.2) is 0 Å². The number of pyridine rings is 1. The topological polar surface area (TPSA) is 48.5 Å². The molecule has 11 rings (SSSR count). The van der Waals surface area contributed by atoms with Gasteiger partial charge < -0.3 is 4.57 Å². The maximum absolute atomic E-state index is 5.50. The van der Waals surface area contributed by atoms with Gasteiger partial charge in [0.1, 0.15) is 0 Å². The molecule has 0 bridgehead atoms. The minimum Gasteiger partial charge on any atom is -0.308 e. The van der Waals surface area contributed by atoms with Crippen LogP contribution in [0.15, 0.2) is 164 Å². The average molecular weight is 638 g/mol. The minimum atomic E-state index is 0.644. The number of para-hydroxylation sites is 3. The summed E-state index contributed by atoms with van der Waals surface area (Å²) in [5.41, 5.74) is 8.41. The predicted octanol–water partition coefficient (Wildman–Crippen LogP) is 11.2. The molecule has 4 heterocycles. The van der Waals surface area contributed by atoms with Crippen LogP contribution in [0.3, 0.4) is 0 Å². The van der Waals surface area contributed by atoms with Crippen LogP contribution in [0.2, 0.25) is 0 Å². The molecule has 7 aromatic carbocycles. The van der Waals surface area contributed by atoms with Gasteiger partial charge in [-0.2, -0.15) is 0 Å². The quantitative estimate of drug-likeness (QED) is 0.181. The number of hydrogen-bond acceptors (Lipinski definition) is 3. The monoisotopic (exact) mass is 637 g/mol. The van der Waals surface area contributed by atoms with Crippen LogP contribution in [0.4, 0.5) is 0 Å². The van der Waals surface area contributed by atoms with E-state index in [0.29, 0.717) is 5.95 Å². The Kier molecular flexibility index (Phi) is 5.60. The number of aromatic nitrogens is 5. The van der Waals surface area contributed by atoms with E-state index in [1.54, 1.807) is 0 Å². The first-order valence-electron chi connectivity index (χ1n) is 16.9. The van der Waals surface area contributed by atoms with Crippen molar-refractivity contribution in [1.29, 1.82) is 0 Å². The van der Waals surface area contributed by atoms with Crippen molar-refractivity contribution in [3.63, 3.8) is 0 Å². The molecular formula is C45H27N5. The number of hydrogen-bond donors (Lipinski definition) is 0. The van der Waals surface area contributed by atoms with E-state index in [9.17, 15) is 0 Å². The fraction of sp³-hybridized carbons (Fsp3) is 0. The van der Waals surface area contributed by atoms with Crippen molar-refractivity contribution in [2.24, 2.45) is 0 Å². The van der Waals surface area contributed by atoms with Gasteiger partial charge >= 0.3 is 0 Å². The van der Waals surface area contributed by atoms with E-state index in [1.165, 1.54) is 10.8 Å². The molecule has 0 fully saturated rings. The molecule has 0 aliphatic rings. The van der Waals surface area contributed by atoms with Crippen molar-refractivity contribution in [2.75, 3.05) is 0 Å². The molecule has 11 aromatic rings. The van der Waals surface area contributed by atoms with Crippen molar-refractivity contribution in [3.8, 4) is 22.9 Å². The van der Waals surface area contributed by atoms with Gasteiger partial charge in [-0.15, -0.1) is 0 Å². The van der Waals surface area contributed by atoms with Crippen molar-refractivity contribution in [1.82, 2.24) is 24.1 Å². The lowest BCUT2D eigenvalue weighted by Gasteiger charge is -2.14. The Morgan fingerprint density at radius 2 is 1.08 bits per heavy atom. The van der Waals surface area contributed by atoms with Crippen LogP contribution in [0, 0.1) is 0 Å². The third kappa shape index (κ3) is 3.69. The molecule has 0 atom stereocenters. The molecule has 0 saturated heterocycles. The molecule has 0 N–H and O–H groups in total. The fourth-order valence-electron chi connectivity index (χ4n) is 8.11. The van der Waals surface area contributed by atoms with Crippen LogP contribution >= 0.6 is 0 Å². The molecule has 0 saturated carbocycles. The lowest BCUT2D eigenvalue weighted by Crippen LogP contribution is -2.04. The molecule has 4 aromatic heterocycles. The van der Waals surface area contributed by atoms with Gasteiger partial charge in [-0.1, -0.05) is 115 Å². The molecule has 0 radical (unpaired) electrons. The molecule has 0 spiro atoms. The number of benzene rings is 7. The predicted molar refractivity (Wildman–Crippen MR) is 206 cm³/mol. The first-order chi connectivity index (χ1) is 24.8. The SMILES string of the molecule is c1ccc(-c2nc(-n3c4ccccc4c4c5ccncc5c5c(c6ccccc6n5-c5ccccc5)c43)nc3c2ccc2ccccc23)cc1.